The minimum Gasteiger partial charge on any atom is -0.330 e. The molecule has 2 N–H and O–H groups in total. The van der Waals surface area contributed by atoms with Gasteiger partial charge < -0.3 is 5.73 Å². The van der Waals surface area contributed by atoms with Crippen molar-refractivity contribution in [3.05, 3.63) is 69.7 Å². The number of nitrogens with two attached hydrogens (primary N) is 1. The number of hydrogen-bond donors (Lipinski definition) is 1. The third kappa shape index (κ3) is 4.48. The smallest absolute Gasteiger partial charge is 0.0175 e. The van der Waals surface area contributed by atoms with Crippen molar-refractivity contribution in [2.24, 2.45) is 11.7 Å². The third-order valence-electron chi connectivity index (χ3n) is 3.38. The monoisotopic (exact) mass is 317 g/mol. The molecule has 19 heavy (non-hydrogen) atoms. The number of rotatable bonds is 5. The van der Waals surface area contributed by atoms with E-state index in [1.54, 1.807) is 0 Å². The maximum atomic E-state index is 5.93. The average molecular weight is 318 g/mol. The van der Waals surface area contributed by atoms with Gasteiger partial charge in [-0.15, -0.1) is 0 Å². The zero-order valence-corrected chi connectivity index (χ0v) is 12.9. The zero-order valence-electron chi connectivity index (χ0n) is 11.3. The minimum absolute atomic E-state index is 0.503. The molecule has 2 aromatic carbocycles. The van der Waals surface area contributed by atoms with Crippen molar-refractivity contribution in [3.63, 3.8) is 0 Å². The standard InChI is InChI=1S/C17H20BrN/c1-13-3-2-4-15(9-13)11-16(12-19)10-14-5-7-17(18)8-6-14/h2-9,16H,10-12,19H2,1H3. The van der Waals surface area contributed by atoms with Gasteiger partial charge in [-0.1, -0.05) is 57.9 Å². The van der Waals surface area contributed by atoms with E-state index in [9.17, 15) is 0 Å². The van der Waals surface area contributed by atoms with Gasteiger partial charge in [0.2, 0.25) is 0 Å². The Balaban J connectivity index is 2.02. The number of aryl methyl sites for hydroxylation is 1. The summed E-state index contributed by atoms with van der Waals surface area (Å²) in [7, 11) is 0. The molecule has 0 saturated carbocycles. The van der Waals surface area contributed by atoms with Crippen LogP contribution in [0.2, 0.25) is 0 Å². The molecule has 0 aliphatic rings. The first-order chi connectivity index (χ1) is 9.17. The summed E-state index contributed by atoms with van der Waals surface area (Å²) in [5.41, 5.74) is 9.98. The van der Waals surface area contributed by atoms with Crippen LogP contribution in [0.25, 0.3) is 0 Å². The second-order valence-electron chi connectivity index (χ2n) is 5.13. The molecule has 2 rings (SSSR count). The zero-order chi connectivity index (χ0) is 13.7. The Morgan fingerprint density at radius 3 is 2.32 bits per heavy atom. The van der Waals surface area contributed by atoms with Gasteiger partial charge in [-0.05, 0) is 55.5 Å². The number of halogens is 1. The first-order valence-electron chi connectivity index (χ1n) is 6.67. The quantitative estimate of drug-likeness (QED) is 0.882. The summed E-state index contributed by atoms with van der Waals surface area (Å²) >= 11 is 3.47. The topological polar surface area (TPSA) is 26.0 Å². The molecular formula is C17H20BrN. The molecule has 0 bridgehead atoms. The highest BCUT2D eigenvalue weighted by Gasteiger charge is 2.09. The molecule has 2 aromatic rings. The van der Waals surface area contributed by atoms with Crippen LogP contribution in [-0.4, -0.2) is 6.54 Å². The van der Waals surface area contributed by atoms with Gasteiger partial charge in [0.15, 0.2) is 0 Å². The highest BCUT2D eigenvalue weighted by molar-refractivity contribution is 9.10. The Kier molecular flexibility index (Phi) is 5.17. The summed E-state index contributed by atoms with van der Waals surface area (Å²) in [6.07, 6.45) is 2.09. The molecule has 0 aromatic heterocycles. The van der Waals surface area contributed by atoms with Crippen molar-refractivity contribution < 1.29 is 0 Å². The van der Waals surface area contributed by atoms with E-state index in [0.29, 0.717) is 5.92 Å². The predicted octanol–water partition coefficient (Wildman–Crippen LogP) is 4.12. The van der Waals surface area contributed by atoms with Crippen molar-refractivity contribution in [1.29, 1.82) is 0 Å². The van der Waals surface area contributed by atoms with Crippen LogP contribution in [0.15, 0.2) is 53.0 Å². The van der Waals surface area contributed by atoms with Crippen LogP contribution in [-0.2, 0) is 12.8 Å². The van der Waals surface area contributed by atoms with E-state index < -0.39 is 0 Å². The van der Waals surface area contributed by atoms with Gasteiger partial charge in [-0.25, -0.2) is 0 Å². The van der Waals surface area contributed by atoms with Crippen molar-refractivity contribution in [1.82, 2.24) is 0 Å². The molecule has 0 aliphatic carbocycles. The molecule has 1 nitrogen and oxygen atoms in total. The van der Waals surface area contributed by atoms with Gasteiger partial charge in [0.05, 0.1) is 0 Å². The normalized spacial score (nSPS) is 12.4. The molecule has 2 heteroatoms. The third-order valence-corrected chi connectivity index (χ3v) is 3.91. The second-order valence-corrected chi connectivity index (χ2v) is 6.04. The summed E-state index contributed by atoms with van der Waals surface area (Å²) in [5.74, 6) is 0.503. The van der Waals surface area contributed by atoms with Gasteiger partial charge in [-0.2, -0.15) is 0 Å². The summed E-state index contributed by atoms with van der Waals surface area (Å²) in [5, 5.41) is 0. The minimum atomic E-state index is 0.503. The molecule has 0 amide bonds. The van der Waals surface area contributed by atoms with E-state index in [2.05, 4.69) is 71.4 Å². The Morgan fingerprint density at radius 1 is 1.00 bits per heavy atom. The Bertz CT molecular complexity index is 519. The van der Waals surface area contributed by atoms with E-state index in [4.69, 9.17) is 5.73 Å². The predicted molar refractivity (Wildman–Crippen MR) is 85.3 cm³/mol. The number of benzene rings is 2. The lowest BCUT2D eigenvalue weighted by atomic mass is 9.92. The maximum absolute atomic E-state index is 5.93. The van der Waals surface area contributed by atoms with Crippen LogP contribution in [0, 0.1) is 12.8 Å². The van der Waals surface area contributed by atoms with Crippen molar-refractivity contribution in [3.8, 4) is 0 Å². The van der Waals surface area contributed by atoms with E-state index in [1.807, 2.05) is 0 Å². The molecule has 100 valence electrons. The largest absolute Gasteiger partial charge is 0.330 e. The fraction of sp³-hybridized carbons (Fsp3) is 0.294. The van der Waals surface area contributed by atoms with Gasteiger partial charge >= 0.3 is 0 Å². The van der Waals surface area contributed by atoms with Crippen LogP contribution in [0.1, 0.15) is 16.7 Å². The van der Waals surface area contributed by atoms with Gasteiger partial charge in [0.25, 0.3) is 0 Å². The lowest BCUT2D eigenvalue weighted by Gasteiger charge is -2.15. The summed E-state index contributed by atoms with van der Waals surface area (Å²) in [6.45, 7) is 2.86. The first kappa shape index (κ1) is 14.3. The molecule has 0 radical (unpaired) electrons. The van der Waals surface area contributed by atoms with E-state index >= 15 is 0 Å². The summed E-state index contributed by atoms with van der Waals surface area (Å²) < 4.78 is 1.12. The van der Waals surface area contributed by atoms with E-state index in [-0.39, 0.29) is 0 Å². The van der Waals surface area contributed by atoms with Crippen molar-refractivity contribution >= 4 is 15.9 Å². The van der Waals surface area contributed by atoms with E-state index in [1.165, 1.54) is 16.7 Å². The number of hydrogen-bond acceptors (Lipinski definition) is 1. The molecule has 0 aliphatic heterocycles. The lowest BCUT2D eigenvalue weighted by Crippen LogP contribution is -2.19. The molecule has 1 unspecified atom stereocenters. The second kappa shape index (κ2) is 6.88. The fourth-order valence-electron chi connectivity index (χ4n) is 2.37. The van der Waals surface area contributed by atoms with Crippen LogP contribution in [0.4, 0.5) is 0 Å². The Labute approximate surface area is 124 Å². The SMILES string of the molecule is Cc1cccc(CC(CN)Cc2ccc(Br)cc2)c1. The average Bonchev–Trinajstić information content (AvgIpc) is 2.40. The summed E-state index contributed by atoms with van der Waals surface area (Å²) in [4.78, 5) is 0. The van der Waals surface area contributed by atoms with Gasteiger partial charge in [0, 0.05) is 4.47 Å². The molecule has 0 heterocycles. The van der Waals surface area contributed by atoms with E-state index in [0.717, 1.165) is 23.9 Å². The molecule has 1 atom stereocenters. The fourth-order valence-corrected chi connectivity index (χ4v) is 2.63. The van der Waals surface area contributed by atoms with Gasteiger partial charge in [-0.3, -0.25) is 0 Å². The van der Waals surface area contributed by atoms with Crippen LogP contribution in [0.5, 0.6) is 0 Å². The lowest BCUT2D eigenvalue weighted by molar-refractivity contribution is 0.533. The van der Waals surface area contributed by atoms with Crippen molar-refractivity contribution in [2.75, 3.05) is 6.54 Å². The van der Waals surface area contributed by atoms with Gasteiger partial charge in [0.1, 0.15) is 0 Å². The molecular weight excluding hydrogens is 298 g/mol. The van der Waals surface area contributed by atoms with Crippen LogP contribution in [0.3, 0.4) is 0 Å². The highest BCUT2D eigenvalue weighted by Crippen LogP contribution is 2.17. The molecule has 0 spiro atoms. The van der Waals surface area contributed by atoms with Crippen LogP contribution < -0.4 is 5.73 Å². The molecule has 0 saturated heterocycles. The van der Waals surface area contributed by atoms with Crippen LogP contribution >= 0.6 is 15.9 Å². The maximum Gasteiger partial charge on any atom is 0.0175 e. The Hall–Kier alpha value is -1.12. The Morgan fingerprint density at radius 2 is 1.68 bits per heavy atom. The molecule has 0 fully saturated rings. The van der Waals surface area contributed by atoms with Crippen molar-refractivity contribution in [2.45, 2.75) is 19.8 Å². The summed E-state index contributed by atoms with van der Waals surface area (Å²) in [6, 6.07) is 17.2. The highest BCUT2D eigenvalue weighted by atomic mass is 79.9. The first-order valence-corrected chi connectivity index (χ1v) is 7.46.